The summed E-state index contributed by atoms with van der Waals surface area (Å²) in [6.45, 7) is 0.496. The van der Waals surface area contributed by atoms with Gasteiger partial charge in [0.05, 0.1) is 12.2 Å². The minimum atomic E-state index is -0.768. The molecule has 0 radical (unpaired) electrons. The number of carboxylic acid groups (broad SMARTS) is 1. The van der Waals surface area contributed by atoms with Crippen molar-refractivity contribution < 1.29 is 14.6 Å². The van der Waals surface area contributed by atoms with Crippen molar-refractivity contribution in [3.63, 3.8) is 0 Å². The van der Waals surface area contributed by atoms with E-state index in [4.69, 9.17) is 15.1 Å². The van der Waals surface area contributed by atoms with E-state index in [1.54, 1.807) is 12.1 Å². The van der Waals surface area contributed by atoms with Crippen LogP contribution in [0.1, 0.15) is 31.2 Å². The number of benzene rings is 1. The fourth-order valence-corrected chi connectivity index (χ4v) is 1.81. The quantitative estimate of drug-likeness (QED) is 0.784. The summed E-state index contributed by atoms with van der Waals surface area (Å²) in [6, 6.07) is 7.35. The Morgan fingerprint density at radius 2 is 2.17 bits per heavy atom. The zero-order chi connectivity index (χ0) is 13.4. The Balaban J connectivity index is 2.31. The molecular weight excluding hydrogens is 298 g/mol. The summed E-state index contributed by atoms with van der Waals surface area (Å²) < 4.78 is 6.34. The van der Waals surface area contributed by atoms with Gasteiger partial charge >= 0.3 is 5.97 Å². The molecule has 1 N–H and O–H groups in total. The molecule has 0 saturated carbocycles. The molecule has 0 aliphatic rings. The SMILES string of the molecule is N#Cc1cc(Br)ccc1OCCCCCC(=O)O. The molecule has 0 amide bonds. The van der Waals surface area contributed by atoms with Gasteiger partial charge in [0.25, 0.3) is 0 Å². The van der Waals surface area contributed by atoms with E-state index >= 15 is 0 Å². The Hall–Kier alpha value is -1.54. The third-order valence-corrected chi connectivity index (χ3v) is 2.85. The number of carbonyl (C=O) groups is 1. The van der Waals surface area contributed by atoms with Crippen LogP contribution in [-0.4, -0.2) is 17.7 Å². The summed E-state index contributed by atoms with van der Waals surface area (Å²) in [5, 5.41) is 17.4. The first-order valence-corrected chi connectivity index (χ1v) is 6.47. The molecule has 0 aromatic heterocycles. The molecule has 0 bridgehead atoms. The second-order valence-electron chi connectivity index (χ2n) is 3.81. The molecule has 1 aromatic rings. The molecule has 0 aliphatic carbocycles. The predicted molar refractivity (Wildman–Crippen MR) is 70.5 cm³/mol. The molecule has 0 saturated heterocycles. The van der Waals surface area contributed by atoms with Crippen molar-refractivity contribution in [3.05, 3.63) is 28.2 Å². The highest BCUT2D eigenvalue weighted by molar-refractivity contribution is 9.10. The number of hydrogen-bond acceptors (Lipinski definition) is 3. The third kappa shape index (κ3) is 5.19. The number of ether oxygens (including phenoxy) is 1. The van der Waals surface area contributed by atoms with Crippen molar-refractivity contribution in [1.29, 1.82) is 5.26 Å². The van der Waals surface area contributed by atoms with Crippen LogP contribution in [0.5, 0.6) is 5.75 Å². The molecule has 0 spiro atoms. The molecule has 1 rings (SSSR count). The second kappa shape index (κ2) is 7.72. The van der Waals surface area contributed by atoms with Gasteiger partial charge < -0.3 is 9.84 Å². The predicted octanol–water partition coefficient (Wildman–Crippen LogP) is 3.34. The molecule has 0 atom stereocenters. The van der Waals surface area contributed by atoms with E-state index in [0.29, 0.717) is 24.3 Å². The van der Waals surface area contributed by atoms with Crippen LogP contribution in [0.2, 0.25) is 0 Å². The van der Waals surface area contributed by atoms with Crippen molar-refractivity contribution in [2.45, 2.75) is 25.7 Å². The van der Waals surface area contributed by atoms with Crippen molar-refractivity contribution in [2.75, 3.05) is 6.61 Å². The molecular formula is C13H14BrNO3. The van der Waals surface area contributed by atoms with Gasteiger partial charge in [0.1, 0.15) is 11.8 Å². The standard InChI is InChI=1S/C13H14BrNO3/c14-11-5-6-12(10(8-11)9-15)18-7-3-1-2-4-13(16)17/h5-6,8H,1-4,7H2,(H,16,17). The first-order chi connectivity index (χ1) is 8.63. The summed E-state index contributed by atoms with van der Waals surface area (Å²) in [6.07, 6.45) is 2.45. The van der Waals surface area contributed by atoms with Crippen LogP contribution in [0.15, 0.2) is 22.7 Å². The van der Waals surface area contributed by atoms with E-state index in [1.165, 1.54) is 0 Å². The Morgan fingerprint density at radius 1 is 1.39 bits per heavy atom. The highest BCUT2D eigenvalue weighted by Crippen LogP contribution is 2.22. The van der Waals surface area contributed by atoms with Crippen molar-refractivity contribution in [2.24, 2.45) is 0 Å². The lowest BCUT2D eigenvalue weighted by Gasteiger charge is -2.07. The van der Waals surface area contributed by atoms with Gasteiger partial charge in [-0.05, 0) is 37.5 Å². The second-order valence-corrected chi connectivity index (χ2v) is 4.72. The van der Waals surface area contributed by atoms with Gasteiger partial charge in [-0.1, -0.05) is 15.9 Å². The summed E-state index contributed by atoms with van der Waals surface area (Å²) in [5.74, 6) is -0.200. The average Bonchev–Trinajstić information content (AvgIpc) is 2.34. The molecule has 5 heteroatoms. The van der Waals surface area contributed by atoms with Crippen LogP contribution in [-0.2, 0) is 4.79 Å². The van der Waals surface area contributed by atoms with Crippen LogP contribution in [0.3, 0.4) is 0 Å². The Labute approximate surface area is 114 Å². The number of nitriles is 1. The number of halogens is 1. The Bertz CT molecular complexity index is 454. The lowest BCUT2D eigenvalue weighted by molar-refractivity contribution is -0.137. The number of carboxylic acids is 1. The molecule has 1 aromatic carbocycles. The molecule has 0 heterocycles. The van der Waals surface area contributed by atoms with Gasteiger partial charge in [-0.15, -0.1) is 0 Å². The summed E-state index contributed by atoms with van der Waals surface area (Å²) in [5.41, 5.74) is 0.495. The first-order valence-electron chi connectivity index (χ1n) is 5.67. The lowest BCUT2D eigenvalue weighted by atomic mass is 10.2. The van der Waals surface area contributed by atoms with Gasteiger partial charge in [0.15, 0.2) is 0 Å². The number of hydrogen-bond donors (Lipinski definition) is 1. The van der Waals surface area contributed by atoms with Crippen LogP contribution < -0.4 is 4.74 Å². The number of rotatable bonds is 7. The monoisotopic (exact) mass is 311 g/mol. The van der Waals surface area contributed by atoms with Crippen molar-refractivity contribution in [3.8, 4) is 11.8 Å². The zero-order valence-electron chi connectivity index (χ0n) is 9.86. The van der Waals surface area contributed by atoms with Crippen molar-refractivity contribution >= 4 is 21.9 Å². The van der Waals surface area contributed by atoms with Gasteiger partial charge in [-0.2, -0.15) is 5.26 Å². The summed E-state index contributed by atoms with van der Waals surface area (Å²) in [4.78, 5) is 10.3. The molecule has 0 fully saturated rings. The first kappa shape index (κ1) is 14.5. The smallest absolute Gasteiger partial charge is 0.303 e. The maximum absolute atomic E-state index is 10.3. The third-order valence-electron chi connectivity index (χ3n) is 2.35. The average molecular weight is 312 g/mol. The number of aliphatic carboxylic acids is 1. The number of unbranched alkanes of at least 4 members (excludes halogenated alkanes) is 2. The maximum atomic E-state index is 10.3. The zero-order valence-corrected chi connectivity index (χ0v) is 11.4. The van der Waals surface area contributed by atoms with Crippen LogP contribution in [0.4, 0.5) is 0 Å². The largest absolute Gasteiger partial charge is 0.492 e. The highest BCUT2D eigenvalue weighted by Gasteiger charge is 2.03. The molecule has 96 valence electrons. The topological polar surface area (TPSA) is 70.3 Å². The number of nitrogens with zero attached hydrogens (tertiary/aromatic N) is 1. The van der Waals surface area contributed by atoms with Gasteiger partial charge in [0, 0.05) is 10.9 Å². The fourth-order valence-electron chi connectivity index (χ4n) is 1.45. The van der Waals surface area contributed by atoms with Gasteiger partial charge in [-0.3, -0.25) is 4.79 Å². The van der Waals surface area contributed by atoms with E-state index in [9.17, 15) is 4.79 Å². The van der Waals surface area contributed by atoms with Crippen molar-refractivity contribution in [1.82, 2.24) is 0 Å². The van der Waals surface area contributed by atoms with E-state index in [0.717, 1.165) is 17.3 Å². The molecule has 0 aliphatic heterocycles. The van der Waals surface area contributed by atoms with Crippen LogP contribution in [0.25, 0.3) is 0 Å². The molecule has 18 heavy (non-hydrogen) atoms. The van der Waals surface area contributed by atoms with E-state index in [1.807, 2.05) is 6.07 Å². The molecule has 4 nitrogen and oxygen atoms in total. The maximum Gasteiger partial charge on any atom is 0.303 e. The Kier molecular flexibility index (Phi) is 6.23. The van der Waals surface area contributed by atoms with E-state index in [2.05, 4.69) is 22.0 Å². The minimum absolute atomic E-state index is 0.196. The van der Waals surface area contributed by atoms with Crippen LogP contribution >= 0.6 is 15.9 Å². The lowest BCUT2D eigenvalue weighted by Crippen LogP contribution is -2.00. The summed E-state index contributed by atoms with van der Waals surface area (Å²) >= 11 is 3.29. The Morgan fingerprint density at radius 3 is 2.83 bits per heavy atom. The van der Waals surface area contributed by atoms with E-state index in [-0.39, 0.29) is 6.42 Å². The summed E-state index contributed by atoms with van der Waals surface area (Å²) in [7, 11) is 0. The minimum Gasteiger partial charge on any atom is -0.492 e. The highest BCUT2D eigenvalue weighted by atomic mass is 79.9. The van der Waals surface area contributed by atoms with E-state index < -0.39 is 5.97 Å². The van der Waals surface area contributed by atoms with Gasteiger partial charge in [0.2, 0.25) is 0 Å². The normalized spacial score (nSPS) is 9.78. The molecule has 0 unspecified atom stereocenters. The van der Waals surface area contributed by atoms with Gasteiger partial charge in [-0.25, -0.2) is 0 Å². The van der Waals surface area contributed by atoms with Crippen LogP contribution in [0, 0.1) is 11.3 Å². The fraction of sp³-hybridized carbons (Fsp3) is 0.385.